The van der Waals surface area contributed by atoms with Crippen LogP contribution in [0.25, 0.3) is 0 Å². The van der Waals surface area contributed by atoms with Gasteiger partial charge in [-0.25, -0.2) is 0 Å². The lowest BCUT2D eigenvalue weighted by atomic mass is 10.2. The van der Waals surface area contributed by atoms with Crippen LogP contribution in [0.2, 0.25) is 0 Å². The number of aliphatic hydroxyl groups excluding tert-OH is 1. The van der Waals surface area contributed by atoms with Gasteiger partial charge in [0.15, 0.2) is 5.75 Å². The van der Waals surface area contributed by atoms with Crippen molar-refractivity contribution in [1.29, 1.82) is 0 Å². The average molecular weight is 281 g/mol. The molecular weight excluding hydrogens is 260 g/mol. The number of nitro benzene ring substituents is 1. The molecule has 1 saturated carbocycles. The number of aliphatic hydroxyl groups is 1. The molecule has 1 aliphatic carbocycles. The number of nitrogens with zero attached hydrogens (tertiary/aromatic N) is 1. The number of hydrogen-bond donors (Lipinski definition) is 2. The molecule has 1 atom stereocenters. The van der Waals surface area contributed by atoms with Gasteiger partial charge in [0.05, 0.1) is 11.0 Å². The third-order valence-corrected chi connectivity index (χ3v) is 3.63. The van der Waals surface area contributed by atoms with E-state index in [-0.39, 0.29) is 18.0 Å². The normalized spacial score (nSPS) is 17.1. The predicted octanol–water partition coefficient (Wildman–Crippen LogP) is 0.840. The van der Waals surface area contributed by atoms with E-state index in [1.165, 1.54) is 31.7 Å². The number of benzene rings is 1. The molecule has 1 aliphatic rings. The van der Waals surface area contributed by atoms with Crippen LogP contribution in [-0.4, -0.2) is 35.3 Å². The van der Waals surface area contributed by atoms with Gasteiger partial charge in [0.2, 0.25) is 0 Å². The van der Waals surface area contributed by atoms with Gasteiger partial charge in [-0.15, -0.1) is 0 Å². The molecule has 6 nitrogen and oxygen atoms in total. The van der Waals surface area contributed by atoms with E-state index in [4.69, 9.17) is 4.74 Å². The Labute approximate surface area is 117 Å². The number of quaternary nitrogens is 1. The van der Waals surface area contributed by atoms with Crippen LogP contribution in [0.4, 0.5) is 5.69 Å². The molecule has 110 valence electrons. The Morgan fingerprint density at radius 3 is 2.80 bits per heavy atom. The van der Waals surface area contributed by atoms with Crippen LogP contribution >= 0.6 is 0 Å². The highest BCUT2D eigenvalue weighted by Crippen LogP contribution is 2.25. The van der Waals surface area contributed by atoms with Crippen LogP contribution < -0.4 is 10.1 Å². The Kier molecular flexibility index (Phi) is 5.31. The van der Waals surface area contributed by atoms with Crippen molar-refractivity contribution in [3.63, 3.8) is 0 Å². The largest absolute Gasteiger partial charge is 0.484 e. The quantitative estimate of drug-likeness (QED) is 0.572. The molecule has 1 aromatic carbocycles. The summed E-state index contributed by atoms with van der Waals surface area (Å²) in [5, 5.41) is 22.9. The molecule has 0 heterocycles. The Morgan fingerprint density at radius 1 is 1.40 bits per heavy atom. The summed E-state index contributed by atoms with van der Waals surface area (Å²) in [6, 6.07) is 6.82. The van der Waals surface area contributed by atoms with Gasteiger partial charge < -0.3 is 15.2 Å². The minimum Gasteiger partial charge on any atom is -0.484 e. The zero-order chi connectivity index (χ0) is 14.4. The molecule has 0 spiro atoms. The number of ether oxygens (including phenoxy) is 1. The van der Waals surface area contributed by atoms with E-state index in [1.54, 1.807) is 18.2 Å². The molecule has 0 bridgehead atoms. The van der Waals surface area contributed by atoms with Crippen LogP contribution in [0.15, 0.2) is 24.3 Å². The van der Waals surface area contributed by atoms with Crippen molar-refractivity contribution in [1.82, 2.24) is 0 Å². The maximum atomic E-state index is 10.8. The number of para-hydroxylation sites is 2. The summed E-state index contributed by atoms with van der Waals surface area (Å²) in [6.07, 6.45) is 4.33. The van der Waals surface area contributed by atoms with E-state index in [2.05, 4.69) is 5.32 Å². The van der Waals surface area contributed by atoms with Crippen LogP contribution in [0, 0.1) is 10.1 Å². The first-order valence-corrected chi connectivity index (χ1v) is 7.04. The summed E-state index contributed by atoms with van der Waals surface area (Å²) in [7, 11) is 0. The third kappa shape index (κ3) is 4.18. The number of nitro groups is 1. The van der Waals surface area contributed by atoms with Crippen molar-refractivity contribution in [3.8, 4) is 5.75 Å². The minimum absolute atomic E-state index is 0.0699. The Balaban J connectivity index is 1.77. The van der Waals surface area contributed by atoms with Gasteiger partial charge >= 0.3 is 5.69 Å². The standard InChI is InChI=1S/C14H20N2O4/c17-12(9-15-11-5-1-2-6-11)10-20-14-8-4-3-7-13(14)16(18)19/h3-4,7-8,11-12,15,17H,1-2,5-6,9-10H2/p+1/t12-/m1/s1. The average Bonchev–Trinajstić information content (AvgIpc) is 2.96. The lowest BCUT2D eigenvalue weighted by Crippen LogP contribution is -2.91. The Hall–Kier alpha value is -1.66. The molecule has 0 saturated heterocycles. The van der Waals surface area contributed by atoms with E-state index >= 15 is 0 Å². The van der Waals surface area contributed by atoms with Gasteiger partial charge in [-0.3, -0.25) is 10.1 Å². The first-order chi connectivity index (χ1) is 9.66. The van der Waals surface area contributed by atoms with Crippen molar-refractivity contribution in [2.24, 2.45) is 0 Å². The van der Waals surface area contributed by atoms with E-state index in [9.17, 15) is 15.2 Å². The highest BCUT2D eigenvalue weighted by atomic mass is 16.6. The minimum atomic E-state index is -0.615. The SMILES string of the molecule is O=[N+]([O-])c1ccccc1OC[C@H](O)C[NH2+]C1CCCC1. The van der Waals surface area contributed by atoms with Gasteiger partial charge in [0.1, 0.15) is 19.3 Å². The second-order valence-corrected chi connectivity index (χ2v) is 5.21. The molecule has 20 heavy (non-hydrogen) atoms. The summed E-state index contributed by atoms with van der Waals surface area (Å²) >= 11 is 0. The topological polar surface area (TPSA) is 89.2 Å². The first kappa shape index (κ1) is 14.7. The fraction of sp³-hybridized carbons (Fsp3) is 0.571. The molecule has 3 N–H and O–H groups in total. The zero-order valence-corrected chi connectivity index (χ0v) is 11.4. The van der Waals surface area contributed by atoms with Crippen LogP contribution in [0.1, 0.15) is 25.7 Å². The van der Waals surface area contributed by atoms with E-state index in [1.807, 2.05) is 0 Å². The summed E-state index contributed by atoms with van der Waals surface area (Å²) < 4.78 is 5.36. The highest BCUT2D eigenvalue weighted by molar-refractivity contribution is 5.45. The summed E-state index contributed by atoms with van der Waals surface area (Å²) in [5.74, 6) is 0.206. The van der Waals surface area contributed by atoms with Crippen LogP contribution in [0.5, 0.6) is 5.75 Å². The lowest BCUT2D eigenvalue weighted by Gasteiger charge is -2.14. The van der Waals surface area contributed by atoms with Crippen molar-refractivity contribution >= 4 is 5.69 Å². The first-order valence-electron chi connectivity index (χ1n) is 7.04. The van der Waals surface area contributed by atoms with Crippen LogP contribution in [0.3, 0.4) is 0 Å². The third-order valence-electron chi connectivity index (χ3n) is 3.63. The smallest absolute Gasteiger partial charge is 0.310 e. The monoisotopic (exact) mass is 281 g/mol. The fourth-order valence-corrected chi connectivity index (χ4v) is 2.53. The molecule has 0 aliphatic heterocycles. The van der Waals surface area contributed by atoms with Gasteiger partial charge in [-0.2, -0.15) is 0 Å². The molecule has 0 unspecified atom stereocenters. The van der Waals surface area contributed by atoms with Crippen molar-refractivity contribution in [2.75, 3.05) is 13.2 Å². The molecule has 1 aromatic rings. The van der Waals surface area contributed by atoms with E-state index in [0.717, 1.165) is 0 Å². The lowest BCUT2D eigenvalue weighted by molar-refractivity contribution is -0.693. The van der Waals surface area contributed by atoms with Gasteiger partial charge in [0.25, 0.3) is 0 Å². The molecular formula is C14H21N2O4+. The zero-order valence-electron chi connectivity index (χ0n) is 11.4. The molecule has 0 aromatic heterocycles. The van der Waals surface area contributed by atoms with Gasteiger partial charge in [0, 0.05) is 6.07 Å². The second-order valence-electron chi connectivity index (χ2n) is 5.21. The van der Waals surface area contributed by atoms with E-state index < -0.39 is 11.0 Å². The summed E-state index contributed by atoms with van der Waals surface area (Å²) in [6.45, 7) is 0.652. The van der Waals surface area contributed by atoms with Gasteiger partial charge in [-0.05, 0) is 31.7 Å². The molecule has 0 radical (unpaired) electrons. The van der Waals surface area contributed by atoms with Crippen molar-refractivity contribution in [3.05, 3.63) is 34.4 Å². The molecule has 6 heteroatoms. The highest BCUT2D eigenvalue weighted by Gasteiger charge is 2.20. The van der Waals surface area contributed by atoms with E-state index in [0.29, 0.717) is 12.6 Å². The van der Waals surface area contributed by atoms with Crippen LogP contribution in [-0.2, 0) is 0 Å². The molecule has 2 rings (SSSR count). The Bertz CT molecular complexity index is 447. The number of hydrogen-bond acceptors (Lipinski definition) is 4. The maximum absolute atomic E-state index is 10.8. The number of rotatable bonds is 7. The number of nitrogens with two attached hydrogens (primary N) is 1. The van der Waals surface area contributed by atoms with Gasteiger partial charge in [-0.1, -0.05) is 12.1 Å². The summed E-state index contributed by atoms with van der Waals surface area (Å²) in [5.41, 5.74) is -0.0699. The molecule has 0 amide bonds. The fourth-order valence-electron chi connectivity index (χ4n) is 2.53. The van der Waals surface area contributed by atoms with Crippen molar-refractivity contribution in [2.45, 2.75) is 37.8 Å². The Morgan fingerprint density at radius 2 is 2.10 bits per heavy atom. The molecule has 1 fully saturated rings. The predicted molar refractivity (Wildman–Crippen MR) is 73.6 cm³/mol. The summed E-state index contributed by atoms with van der Waals surface area (Å²) in [4.78, 5) is 10.3. The van der Waals surface area contributed by atoms with Crippen molar-refractivity contribution < 1.29 is 20.1 Å². The second kappa shape index (κ2) is 7.21. The maximum Gasteiger partial charge on any atom is 0.310 e.